The Labute approximate surface area is 343 Å². The number of nitrogens with zero attached hydrogens (tertiary/aromatic N) is 4. The van der Waals surface area contributed by atoms with E-state index in [4.69, 9.17) is 13.9 Å². The van der Waals surface area contributed by atoms with Crippen molar-refractivity contribution in [2.45, 2.75) is 57.5 Å². The van der Waals surface area contributed by atoms with Gasteiger partial charge in [-0.25, -0.2) is 0 Å². The van der Waals surface area contributed by atoms with Gasteiger partial charge in [-0.2, -0.15) is 13.2 Å². The number of anilines is 1. The summed E-state index contributed by atoms with van der Waals surface area (Å²) in [5.41, 5.74) is 1.53. The molecule has 0 saturated carbocycles. The van der Waals surface area contributed by atoms with E-state index in [0.717, 1.165) is 55.2 Å². The molecule has 2 aliphatic heterocycles. The molecule has 0 aromatic heterocycles. The molecule has 0 radical (unpaired) electrons. The Morgan fingerprint density at radius 1 is 0.845 bits per heavy atom. The van der Waals surface area contributed by atoms with Crippen molar-refractivity contribution in [1.82, 2.24) is 14.7 Å². The zero-order valence-electron chi connectivity index (χ0n) is 35.0. The first-order valence-electron chi connectivity index (χ1n) is 20.2. The van der Waals surface area contributed by atoms with E-state index in [0.29, 0.717) is 45.0 Å². The number of carbonyl (C=O) groups is 1. The van der Waals surface area contributed by atoms with E-state index in [1.807, 2.05) is 12.1 Å². The topological polar surface area (TPSA) is 57.7 Å². The highest BCUT2D eigenvalue weighted by Crippen LogP contribution is 2.39. The third kappa shape index (κ3) is 9.97. The second kappa shape index (κ2) is 18.4. The maximum absolute atomic E-state index is 14.5. The van der Waals surface area contributed by atoms with Crippen LogP contribution in [0.4, 0.5) is 18.9 Å². The summed E-state index contributed by atoms with van der Waals surface area (Å²) >= 11 is 0. The number of alkyl halides is 3. The minimum atomic E-state index is -4.59. The number of aryl methyl sites for hydroxylation is 1. The summed E-state index contributed by atoms with van der Waals surface area (Å²) < 4.78 is 61.1. The second-order valence-corrected chi connectivity index (χ2v) is 21.2. The molecule has 2 heterocycles. The number of piperazine rings is 1. The molecule has 4 aromatic rings. The molecule has 8 nitrogen and oxygen atoms in total. The molecule has 312 valence electrons. The lowest BCUT2D eigenvalue weighted by atomic mass is 9.99. The number of methoxy groups -OCH3 is 1. The van der Waals surface area contributed by atoms with E-state index in [1.54, 1.807) is 37.1 Å². The van der Waals surface area contributed by atoms with Crippen LogP contribution < -0.4 is 19.7 Å². The maximum Gasteiger partial charge on any atom is 0.416 e. The predicted octanol–water partition coefficient (Wildman–Crippen LogP) is 6.73. The monoisotopic (exact) mass is 816 g/mol. The molecular weight excluding hydrogens is 758 g/mol. The standard InChI is InChI=1S/C46H59F3N4O4Si/c1-34-18-19-35(27-43(34)57-58(45(2,3)4,41-14-10-8-11-15-41)42-16-12-9-13-17-42)26-39-31-51(20-21-52-24-25-56-40(32-52)33-55-7)22-23-53(39)44(54)36-28-37(46(47,48)49)30-38(29-36)50(5)6/h8-19,27-30,39-40H,20-26,31-33H2,1-7H3. The largest absolute Gasteiger partial charge is 0.534 e. The number of amides is 1. The van der Waals surface area contributed by atoms with Crippen LogP contribution in [0, 0.1) is 6.92 Å². The molecule has 6 rings (SSSR count). The van der Waals surface area contributed by atoms with Gasteiger partial charge in [0, 0.05) is 84.3 Å². The molecule has 2 unspecified atom stereocenters. The van der Waals surface area contributed by atoms with Crippen molar-refractivity contribution in [1.29, 1.82) is 0 Å². The Balaban J connectivity index is 1.33. The van der Waals surface area contributed by atoms with E-state index >= 15 is 0 Å². The third-order valence-electron chi connectivity index (χ3n) is 11.5. The van der Waals surface area contributed by atoms with Gasteiger partial charge in [-0.3, -0.25) is 14.6 Å². The summed E-state index contributed by atoms with van der Waals surface area (Å²) in [4.78, 5) is 22.6. The van der Waals surface area contributed by atoms with Gasteiger partial charge in [0.25, 0.3) is 5.91 Å². The van der Waals surface area contributed by atoms with Gasteiger partial charge in [0.05, 0.1) is 24.9 Å². The van der Waals surface area contributed by atoms with Gasteiger partial charge in [-0.05, 0) is 64.1 Å². The molecule has 1 amide bonds. The summed E-state index contributed by atoms with van der Waals surface area (Å²) in [6, 6.07) is 30.7. The van der Waals surface area contributed by atoms with Gasteiger partial charge in [0.2, 0.25) is 0 Å². The van der Waals surface area contributed by atoms with Gasteiger partial charge in [-0.1, -0.05) is 93.6 Å². The number of hydrogen-bond acceptors (Lipinski definition) is 7. The summed E-state index contributed by atoms with van der Waals surface area (Å²) in [6.45, 7) is 14.9. The Bertz CT molecular complexity index is 1930. The van der Waals surface area contributed by atoms with E-state index in [9.17, 15) is 18.0 Å². The molecule has 0 N–H and O–H groups in total. The number of halogens is 3. The molecule has 0 bridgehead atoms. The molecule has 4 aromatic carbocycles. The lowest BCUT2D eigenvalue weighted by Gasteiger charge is -2.44. The average Bonchev–Trinajstić information content (AvgIpc) is 3.20. The highest BCUT2D eigenvalue weighted by atomic mass is 28.4. The molecule has 2 aliphatic rings. The van der Waals surface area contributed by atoms with Crippen molar-refractivity contribution >= 4 is 30.3 Å². The quantitative estimate of drug-likeness (QED) is 0.139. The van der Waals surface area contributed by atoms with Crippen molar-refractivity contribution in [3.63, 3.8) is 0 Å². The van der Waals surface area contributed by atoms with Gasteiger partial charge in [0.1, 0.15) is 5.75 Å². The summed E-state index contributed by atoms with van der Waals surface area (Å²) in [7, 11) is 2.10. The van der Waals surface area contributed by atoms with Crippen molar-refractivity contribution < 1.29 is 31.9 Å². The Kier molecular flexibility index (Phi) is 13.7. The van der Waals surface area contributed by atoms with Gasteiger partial charge in [0.15, 0.2) is 0 Å². The van der Waals surface area contributed by atoms with Crippen molar-refractivity contribution in [3.05, 3.63) is 119 Å². The number of hydrogen-bond donors (Lipinski definition) is 0. The highest BCUT2D eigenvalue weighted by Gasteiger charge is 2.52. The number of morpholine rings is 1. The molecule has 2 fully saturated rings. The first kappa shape index (κ1) is 43.4. The molecule has 0 aliphatic carbocycles. The predicted molar refractivity (Wildman–Crippen MR) is 228 cm³/mol. The molecule has 2 saturated heterocycles. The molecule has 58 heavy (non-hydrogen) atoms. The van der Waals surface area contributed by atoms with Crippen LogP contribution in [-0.2, 0) is 22.1 Å². The first-order chi connectivity index (χ1) is 27.6. The first-order valence-corrected chi connectivity index (χ1v) is 22.2. The van der Waals surface area contributed by atoms with Crippen LogP contribution >= 0.6 is 0 Å². The van der Waals surface area contributed by atoms with Crippen molar-refractivity contribution in [2.75, 3.05) is 85.1 Å². The molecule has 12 heteroatoms. The van der Waals surface area contributed by atoms with Crippen LogP contribution in [0.25, 0.3) is 0 Å². The Morgan fingerprint density at radius 3 is 2.07 bits per heavy atom. The normalized spacial score (nSPS) is 18.6. The lowest BCUT2D eigenvalue weighted by molar-refractivity contribution is -0.137. The zero-order valence-corrected chi connectivity index (χ0v) is 36.0. The van der Waals surface area contributed by atoms with Crippen LogP contribution in [-0.4, -0.2) is 121 Å². The van der Waals surface area contributed by atoms with E-state index in [2.05, 4.69) is 104 Å². The highest BCUT2D eigenvalue weighted by molar-refractivity contribution is 7.00. The Hall–Kier alpha value is -4.20. The van der Waals surface area contributed by atoms with Crippen LogP contribution in [0.15, 0.2) is 97.1 Å². The fraction of sp³-hybridized carbons (Fsp3) is 0.457. The minimum absolute atomic E-state index is 0.0299. The lowest BCUT2D eigenvalue weighted by Crippen LogP contribution is -2.68. The second-order valence-electron chi connectivity index (χ2n) is 16.9. The molecular formula is C46H59F3N4O4Si. The SMILES string of the molecule is COCC1CN(CCN2CCN(C(=O)c3cc(N(C)C)cc(C(F)(F)F)c3)C(Cc3ccc(C)c(O[Si](c4ccccc4)(c4ccccc4)C(C)(C)C)c3)C2)CCO1. The fourth-order valence-electron chi connectivity index (χ4n) is 8.41. The summed E-state index contributed by atoms with van der Waals surface area (Å²) in [5, 5.41) is 2.10. The van der Waals surface area contributed by atoms with Gasteiger partial charge < -0.3 is 23.7 Å². The fourth-order valence-corrected chi connectivity index (χ4v) is 12.9. The van der Waals surface area contributed by atoms with E-state index in [-0.39, 0.29) is 22.7 Å². The van der Waals surface area contributed by atoms with Crippen molar-refractivity contribution in [3.8, 4) is 5.75 Å². The van der Waals surface area contributed by atoms with Crippen LogP contribution in [0.5, 0.6) is 5.75 Å². The van der Waals surface area contributed by atoms with Gasteiger partial charge >= 0.3 is 14.5 Å². The van der Waals surface area contributed by atoms with E-state index < -0.39 is 26.0 Å². The molecule has 0 spiro atoms. The minimum Gasteiger partial charge on any atom is -0.534 e. The number of rotatable bonds is 13. The zero-order chi connectivity index (χ0) is 41.7. The summed E-state index contributed by atoms with van der Waals surface area (Å²) in [6.07, 6.45) is -4.06. The van der Waals surface area contributed by atoms with Crippen molar-refractivity contribution in [2.24, 2.45) is 0 Å². The maximum atomic E-state index is 14.5. The van der Waals surface area contributed by atoms with Crippen LogP contribution in [0.1, 0.15) is 47.8 Å². The van der Waals surface area contributed by atoms with Crippen LogP contribution in [0.2, 0.25) is 5.04 Å². The van der Waals surface area contributed by atoms with E-state index in [1.165, 1.54) is 10.4 Å². The smallest absolute Gasteiger partial charge is 0.416 e. The number of ether oxygens (including phenoxy) is 2. The number of carbonyl (C=O) groups excluding carboxylic acids is 1. The molecule has 2 atom stereocenters. The number of benzene rings is 4. The third-order valence-corrected chi connectivity index (χ3v) is 16.5. The Morgan fingerprint density at radius 2 is 1.48 bits per heavy atom. The summed E-state index contributed by atoms with van der Waals surface area (Å²) in [5.74, 6) is 0.397. The van der Waals surface area contributed by atoms with Crippen LogP contribution in [0.3, 0.4) is 0 Å². The average molecular weight is 817 g/mol. The van der Waals surface area contributed by atoms with Gasteiger partial charge in [-0.15, -0.1) is 0 Å².